The molecule has 0 radical (unpaired) electrons. The van der Waals surface area contributed by atoms with E-state index >= 15 is 0 Å². The third kappa shape index (κ3) is 1.05. The number of hydrogen-bond acceptors (Lipinski definition) is 1. The molecule has 0 saturated carbocycles. The monoisotopic (exact) mass is 212 g/mol. The van der Waals surface area contributed by atoms with Gasteiger partial charge in [0.25, 0.3) is 0 Å². The molecule has 3 heterocycles. The molecule has 1 aromatic heterocycles. The van der Waals surface area contributed by atoms with Gasteiger partial charge >= 0.3 is 0 Å². The number of hydrogen-bond donors (Lipinski definition) is 1. The van der Waals surface area contributed by atoms with Gasteiger partial charge in [-0.2, -0.15) is 0 Å². The van der Waals surface area contributed by atoms with Gasteiger partial charge in [-0.25, -0.2) is 0 Å². The summed E-state index contributed by atoms with van der Waals surface area (Å²) in [7, 11) is 0. The first-order valence-electron chi connectivity index (χ1n) is 6.25. The van der Waals surface area contributed by atoms with Crippen LogP contribution in [-0.2, 0) is 13.0 Å². The smallest absolute Gasteiger partial charge is 0.0516 e. The number of benzene rings is 1. The van der Waals surface area contributed by atoms with Crippen molar-refractivity contribution in [1.82, 2.24) is 9.88 Å². The predicted octanol–water partition coefficient (Wildman–Crippen LogP) is 2.27. The van der Waals surface area contributed by atoms with E-state index in [4.69, 9.17) is 0 Å². The van der Waals surface area contributed by atoms with Crippen molar-refractivity contribution in [2.45, 2.75) is 25.3 Å². The van der Waals surface area contributed by atoms with E-state index in [2.05, 4.69) is 34.3 Å². The molecule has 0 aliphatic carbocycles. The maximum absolute atomic E-state index is 3.47. The molecule has 2 nitrogen and oxygen atoms in total. The van der Waals surface area contributed by atoms with Crippen molar-refractivity contribution in [3.05, 3.63) is 35.5 Å². The molecule has 1 fully saturated rings. The fraction of sp³-hybridized carbons (Fsp3) is 0.429. The van der Waals surface area contributed by atoms with Crippen LogP contribution in [0.1, 0.15) is 23.5 Å². The van der Waals surface area contributed by atoms with E-state index in [9.17, 15) is 0 Å². The Morgan fingerprint density at radius 1 is 1.31 bits per heavy atom. The van der Waals surface area contributed by atoms with Gasteiger partial charge in [0.05, 0.1) is 5.52 Å². The lowest BCUT2D eigenvalue weighted by Gasteiger charge is -2.07. The van der Waals surface area contributed by atoms with E-state index in [1.807, 2.05) is 0 Å². The molecule has 2 heteroatoms. The zero-order valence-corrected chi connectivity index (χ0v) is 9.37. The van der Waals surface area contributed by atoms with Gasteiger partial charge in [-0.15, -0.1) is 0 Å². The zero-order chi connectivity index (χ0) is 10.5. The highest BCUT2D eigenvalue weighted by Gasteiger charge is 2.24. The lowest BCUT2D eigenvalue weighted by molar-refractivity contribution is 0.734. The Morgan fingerprint density at radius 3 is 3.19 bits per heavy atom. The second-order valence-corrected chi connectivity index (χ2v) is 5.03. The minimum Gasteiger partial charge on any atom is -0.347 e. The van der Waals surface area contributed by atoms with Gasteiger partial charge in [-0.05, 0) is 36.4 Å². The van der Waals surface area contributed by atoms with Crippen molar-refractivity contribution < 1.29 is 0 Å². The third-order valence-electron chi connectivity index (χ3n) is 4.13. The highest BCUT2D eigenvalue weighted by molar-refractivity contribution is 5.88. The Kier molecular flexibility index (Phi) is 1.71. The minimum absolute atomic E-state index is 0.733. The minimum atomic E-state index is 0.733. The number of aryl methyl sites for hydroxylation is 2. The highest BCUT2D eigenvalue weighted by atomic mass is 15.0. The zero-order valence-electron chi connectivity index (χ0n) is 9.37. The SMILES string of the molecule is c1cc2c3c(c1)c(C1CCNC1)cn3CC2. The Morgan fingerprint density at radius 2 is 2.31 bits per heavy atom. The van der Waals surface area contributed by atoms with Crippen molar-refractivity contribution in [2.24, 2.45) is 0 Å². The summed E-state index contributed by atoms with van der Waals surface area (Å²) in [6.45, 7) is 3.51. The van der Waals surface area contributed by atoms with Crippen LogP contribution in [0.5, 0.6) is 0 Å². The molecule has 1 N–H and O–H groups in total. The number of aromatic nitrogens is 1. The van der Waals surface area contributed by atoms with Crippen LogP contribution in [0.15, 0.2) is 24.4 Å². The van der Waals surface area contributed by atoms with Gasteiger partial charge in [-0.1, -0.05) is 18.2 Å². The molecule has 0 spiro atoms. The lowest BCUT2D eigenvalue weighted by Crippen LogP contribution is -2.07. The Hall–Kier alpha value is -1.28. The van der Waals surface area contributed by atoms with Gasteiger partial charge in [0.1, 0.15) is 0 Å². The van der Waals surface area contributed by atoms with E-state index in [1.54, 1.807) is 5.56 Å². The topological polar surface area (TPSA) is 17.0 Å². The average Bonchev–Trinajstić information content (AvgIpc) is 3.01. The summed E-state index contributed by atoms with van der Waals surface area (Å²) in [5.74, 6) is 0.733. The van der Waals surface area contributed by atoms with Gasteiger partial charge in [-0.3, -0.25) is 0 Å². The first kappa shape index (κ1) is 8.82. The van der Waals surface area contributed by atoms with Crippen molar-refractivity contribution in [3.8, 4) is 0 Å². The Balaban J connectivity index is 1.97. The van der Waals surface area contributed by atoms with Crippen LogP contribution < -0.4 is 5.32 Å². The maximum atomic E-state index is 3.47. The van der Waals surface area contributed by atoms with Crippen LogP contribution in [0.2, 0.25) is 0 Å². The van der Waals surface area contributed by atoms with Crippen LogP contribution >= 0.6 is 0 Å². The molecule has 82 valence electrons. The Labute approximate surface area is 95.3 Å². The molecule has 16 heavy (non-hydrogen) atoms. The van der Waals surface area contributed by atoms with Gasteiger partial charge in [0, 0.05) is 24.7 Å². The Bertz CT molecular complexity index is 547. The predicted molar refractivity (Wildman–Crippen MR) is 65.9 cm³/mol. The largest absolute Gasteiger partial charge is 0.347 e. The van der Waals surface area contributed by atoms with Crippen molar-refractivity contribution in [3.63, 3.8) is 0 Å². The summed E-state index contributed by atoms with van der Waals surface area (Å²) >= 11 is 0. The first-order chi connectivity index (χ1) is 7.93. The quantitative estimate of drug-likeness (QED) is 0.767. The van der Waals surface area contributed by atoms with Crippen LogP contribution in [0.3, 0.4) is 0 Å². The molecule has 1 aromatic carbocycles. The maximum Gasteiger partial charge on any atom is 0.0516 e. The molecule has 2 aliphatic heterocycles. The number of para-hydroxylation sites is 1. The van der Waals surface area contributed by atoms with E-state index in [0.717, 1.165) is 12.5 Å². The van der Waals surface area contributed by atoms with E-state index in [0.29, 0.717) is 0 Å². The average molecular weight is 212 g/mol. The summed E-state index contributed by atoms with van der Waals surface area (Å²) in [5.41, 5.74) is 4.61. The van der Waals surface area contributed by atoms with Crippen LogP contribution in [0.25, 0.3) is 10.9 Å². The van der Waals surface area contributed by atoms with Gasteiger partial charge < -0.3 is 9.88 Å². The van der Waals surface area contributed by atoms with Gasteiger partial charge in [0.15, 0.2) is 0 Å². The normalized spacial score (nSPS) is 23.4. The number of rotatable bonds is 1. The summed E-state index contributed by atoms with van der Waals surface area (Å²) < 4.78 is 2.46. The summed E-state index contributed by atoms with van der Waals surface area (Å²) in [6, 6.07) is 6.80. The molecule has 1 saturated heterocycles. The van der Waals surface area contributed by atoms with Crippen LogP contribution in [-0.4, -0.2) is 17.7 Å². The third-order valence-corrected chi connectivity index (χ3v) is 4.13. The summed E-state index contributed by atoms with van der Waals surface area (Å²) in [6.07, 6.45) is 4.91. The second kappa shape index (κ2) is 3.11. The second-order valence-electron chi connectivity index (χ2n) is 5.03. The first-order valence-corrected chi connectivity index (χ1v) is 6.25. The van der Waals surface area contributed by atoms with Crippen LogP contribution in [0, 0.1) is 0 Å². The molecular formula is C14H16N2. The summed E-state index contributed by atoms with van der Waals surface area (Å²) in [4.78, 5) is 0. The van der Waals surface area contributed by atoms with Crippen LogP contribution in [0.4, 0.5) is 0 Å². The molecule has 0 bridgehead atoms. The van der Waals surface area contributed by atoms with Crippen molar-refractivity contribution in [1.29, 1.82) is 0 Å². The standard InChI is InChI=1S/C14H16N2/c1-2-10-5-7-16-9-13(11-4-6-15-8-11)12(3-1)14(10)16/h1-3,9,11,15H,4-8H2. The lowest BCUT2D eigenvalue weighted by atomic mass is 9.97. The fourth-order valence-electron chi connectivity index (χ4n) is 3.33. The fourth-order valence-corrected chi connectivity index (χ4v) is 3.33. The molecule has 0 amide bonds. The summed E-state index contributed by atoms with van der Waals surface area (Å²) in [5, 5.41) is 4.97. The molecule has 1 unspecified atom stereocenters. The van der Waals surface area contributed by atoms with Gasteiger partial charge in [0.2, 0.25) is 0 Å². The molecule has 2 aromatic rings. The number of nitrogens with one attached hydrogen (secondary N) is 1. The van der Waals surface area contributed by atoms with Crippen molar-refractivity contribution >= 4 is 10.9 Å². The number of nitrogens with zero attached hydrogens (tertiary/aromatic N) is 1. The molecule has 4 rings (SSSR count). The highest BCUT2D eigenvalue weighted by Crippen LogP contribution is 2.35. The molecular weight excluding hydrogens is 196 g/mol. The van der Waals surface area contributed by atoms with E-state index < -0.39 is 0 Å². The molecule has 1 atom stereocenters. The molecule has 2 aliphatic rings. The van der Waals surface area contributed by atoms with E-state index in [-0.39, 0.29) is 0 Å². The van der Waals surface area contributed by atoms with E-state index in [1.165, 1.54) is 42.4 Å². The van der Waals surface area contributed by atoms with Crippen molar-refractivity contribution in [2.75, 3.05) is 13.1 Å².